The summed E-state index contributed by atoms with van der Waals surface area (Å²) in [6, 6.07) is 11.7. The molecule has 1 N–H and O–H groups in total. The summed E-state index contributed by atoms with van der Waals surface area (Å²) in [5.41, 5.74) is 0.212. The van der Waals surface area contributed by atoms with E-state index in [1.807, 2.05) is 26.8 Å². The Balaban J connectivity index is 1.47. The molecule has 0 bridgehead atoms. The van der Waals surface area contributed by atoms with Gasteiger partial charge in [0.1, 0.15) is 18.0 Å². The van der Waals surface area contributed by atoms with Gasteiger partial charge >= 0.3 is 12.3 Å². The fourth-order valence-electron chi connectivity index (χ4n) is 4.59. The van der Waals surface area contributed by atoms with Gasteiger partial charge in [0.25, 0.3) is 5.91 Å². The van der Waals surface area contributed by atoms with Gasteiger partial charge in [-0.25, -0.2) is 9.48 Å². The molecule has 8 nitrogen and oxygen atoms in total. The molecule has 1 saturated heterocycles. The number of nitrogens with zero attached hydrogens (tertiary/aromatic N) is 3. The summed E-state index contributed by atoms with van der Waals surface area (Å²) < 4.78 is 51.5. The molecule has 1 aromatic heterocycles. The number of carbonyl (C=O) groups excluding carboxylic acids is 2. The number of rotatable bonds is 7. The quantitative estimate of drug-likeness (QED) is 0.318. The molecule has 0 saturated carbocycles. The number of benzene rings is 2. The highest BCUT2D eigenvalue weighted by atomic mass is 35.5. The second kappa shape index (κ2) is 12.4. The van der Waals surface area contributed by atoms with Gasteiger partial charge in [-0.15, -0.1) is 0 Å². The number of para-hydroxylation sites is 1. The number of ether oxygens (including phenoxy) is 2. The van der Waals surface area contributed by atoms with Gasteiger partial charge in [0.15, 0.2) is 0 Å². The van der Waals surface area contributed by atoms with Crippen LogP contribution in [0, 0.1) is 0 Å². The summed E-state index contributed by atoms with van der Waals surface area (Å²) in [5, 5.41) is 7.71. The Bertz CT molecular complexity index is 1380. The van der Waals surface area contributed by atoms with Gasteiger partial charge in [-0.05, 0) is 63.9 Å². The van der Waals surface area contributed by atoms with E-state index in [1.165, 1.54) is 18.3 Å². The zero-order chi connectivity index (χ0) is 29.8. The van der Waals surface area contributed by atoms with Gasteiger partial charge in [-0.1, -0.05) is 29.8 Å². The van der Waals surface area contributed by atoms with E-state index < -0.39 is 23.2 Å². The van der Waals surface area contributed by atoms with Crippen molar-refractivity contribution < 1.29 is 32.2 Å². The second-order valence-electron chi connectivity index (χ2n) is 10.7. The summed E-state index contributed by atoms with van der Waals surface area (Å²) in [7, 11) is 0. The monoisotopic (exact) mass is 592 g/mol. The largest absolute Gasteiger partial charge is 0.492 e. The van der Waals surface area contributed by atoms with Crippen molar-refractivity contribution in [3.05, 3.63) is 76.6 Å². The van der Waals surface area contributed by atoms with Crippen LogP contribution in [0.25, 0.3) is 5.69 Å². The van der Waals surface area contributed by atoms with Crippen LogP contribution in [0.2, 0.25) is 5.02 Å². The zero-order valence-corrected chi connectivity index (χ0v) is 23.8. The number of hydrogen-bond donors (Lipinski definition) is 1. The summed E-state index contributed by atoms with van der Waals surface area (Å²) >= 11 is 6.47. The van der Waals surface area contributed by atoms with Crippen molar-refractivity contribution in [2.24, 2.45) is 0 Å². The molecule has 1 fully saturated rings. The molecule has 1 aliphatic heterocycles. The Morgan fingerprint density at radius 1 is 1.07 bits per heavy atom. The van der Waals surface area contributed by atoms with E-state index in [-0.39, 0.29) is 30.9 Å². The highest BCUT2D eigenvalue weighted by Crippen LogP contribution is 2.34. The summed E-state index contributed by atoms with van der Waals surface area (Å²) in [5.74, 6) is -0.451. The number of carbonyl (C=O) groups is 2. The predicted octanol–water partition coefficient (Wildman–Crippen LogP) is 6.47. The van der Waals surface area contributed by atoms with Crippen molar-refractivity contribution in [1.82, 2.24) is 20.0 Å². The van der Waals surface area contributed by atoms with Crippen molar-refractivity contribution in [3.8, 4) is 11.4 Å². The molecular weight excluding hydrogens is 561 g/mol. The maximum absolute atomic E-state index is 13.3. The third kappa shape index (κ3) is 7.72. The molecule has 2 amide bonds. The van der Waals surface area contributed by atoms with Gasteiger partial charge in [-0.2, -0.15) is 18.3 Å². The molecule has 3 aromatic rings. The van der Waals surface area contributed by atoms with Gasteiger partial charge in [0.2, 0.25) is 0 Å². The summed E-state index contributed by atoms with van der Waals surface area (Å²) in [4.78, 5) is 27.5. The molecule has 0 spiro atoms. The van der Waals surface area contributed by atoms with Crippen LogP contribution in [0.5, 0.6) is 5.75 Å². The van der Waals surface area contributed by atoms with E-state index in [9.17, 15) is 22.8 Å². The molecule has 0 atom stereocenters. The lowest BCUT2D eigenvalue weighted by molar-refractivity contribution is -0.137. The SMILES string of the molecule is CC(C)(C)OC(=O)N1CCC(c2c(C(=O)NCCOc3cccc(C(F)(F)F)c3)cnn2-c2ccccc2Cl)CC1. The zero-order valence-electron chi connectivity index (χ0n) is 23.0. The van der Waals surface area contributed by atoms with E-state index in [0.29, 0.717) is 47.9 Å². The number of likely N-dealkylation sites (tertiary alicyclic amines) is 1. The van der Waals surface area contributed by atoms with Crippen molar-refractivity contribution in [2.75, 3.05) is 26.2 Å². The maximum Gasteiger partial charge on any atom is 0.416 e. The average molecular weight is 593 g/mol. The van der Waals surface area contributed by atoms with E-state index in [4.69, 9.17) is 21.1 Å². The molecule has 2 heterocycles. The molecular formula is C29H32ClF3N4O4. The lowest BCUT2D eigenvalue weighted by atomic mass is 9.91. The van der Waals surface area contributed by atoms with Crippen molar-refractivity contribution in [1.29, 1.82) is 0 Å². The number of aromatic nitrogens is 2. The lowest BCUT2D eigenvalue weighted by Crippen LogP contribution is -2.41. The first-order valence-corrected chi connectivity index (χ1v) is 13.6. The molecule has 12 heteroatoms. The van der Waals surface area contributed by atoms with Crippen LogP contribution in [-0.2, 0) is 10.9 Å². The number of hydrogen-bond acceptors (Lipinski definition) is 5. The number of halogens is 4. The summed E-state index contributed by atoms with van der Waals surface area (Å²) in [6.07, 6.45) is -2.23. The van der Waals surface area contributed by atoms with Crippen LogP contribution in [0.1, 0.15) is 61.1 Å². The number of nitrogens with one attached hydrogen (secondary N) is 1. The average Bonchev–Trinajstić information content (AvgIpc) is 3.35. The molecule has 0 radical (unpaired) electrons. The first-order valence-electron chi connectivity index (χ1n) is 13.2. The Morgan fingerprint density at radius 3 is 2.44 bits per heavy atom. The van der Waals surface area contributed by atoms with Crippen molar-refractivity contribution in [2.45, 2.75) is 51.3 Å². The van der Waals surface area contributed by atoms with Gasteiger partial charge in [-0.3, -0.25) is 4.79 Å². The summed E-state index contributed by atoms with van der Waals surface area (Å²) in [6.45, 7) is 6.36. The Hall–Kier alpha value is -3.73. The fourth-order valence-corrected chi connectivity index (χ4v) is 4.81. The molecule has 220 valence electrons. The minimum absolute atomic E-state index is 0.0324. The second-order valence-corrected chi connectivity index (χ2v) is 11.1. The highest BCUT2D eigenvalue weighted by molar-refractivity contribution is 6.32. The number of amides is 2. The smallest absolute Gasteiger partial charge is 0.416 e. The molecule has 1 aliphatic rings. The molecule has 0 unspecified atom stereocenters. The maximum atomic E-state index is 13.3. The van der Waals surface area contributed by atoms with Crippen LogP contribution in [0.3, 0.4) is 0 Å². The van der Waals surface area contributed by atoms with Crippen molar-refractivity contribution >= 4 is 23.6 Å². The van der Waals surface area contributed by atoms with Gasteiger partial charge in [0.05, 0.1) is 40.3 Å². The van der Waals surface area contributed by atoms with Crippen LogP contribution >= 0.6 is 11.6 Å². The fraction of sp³-hybridized carbons (Fsp3) is 0.414. The number of alkyl halides is 3. The van der Waals surface area contributed by atoms with Crippen LogP contribution in [0.15, 0.2) is 54.7 Å². The highest BCUT2D eigenvalue weighted by Gasteiger charge is 2.33. The Labute approximate surface area is 241 Å². The van der Waals surface area contributed by atoms with Crippen LogP contribution in [-0.4, -0.2) is 58.5 Å². The van der Waals surface area contributed by atoms with Crippen molar-refractivity contribution in [3.63, 3.8) is 0 Å². The van der Waals surface area contributed by atoms with E-state index in [0.717, 1.165) is 12.1 Å². The Morgan fingerprint density at radius 2 is 1.78 bits per heavy atom. The topological polar surface area (TPSA) is 85.7 Å². The van der Waals surface area contributed by atoms with Gasteiger partial charge in [0, 0.05) is 19.0 Å². The molecule has 4 rings (SSSR count). The lowest BCUT2D eigenvalue weighted by Gasteiger charge is -2.34. The predicted molar refractivity (Wildman–Crippen MR) is 148 cm³/mol. The third-order valence-electron chi connectivity index (χ3n) is 6.48. The minimum atomic E-state index is -4.48. The van der Waals surface area contributed by atoms with Crippen LogP contribution in [0.4, 0.5) is 18.0 Å². The number of piperidine rings is 1. The third-order valence-corrected chi connectivity index (χ3v) is 6.80. The van der Waals surface area contributed by atoms with E-state index in [1.54, 1.807) is 27.8 Å². The standard InChI is InChI=1S/C29H32ClF3N4O4/c1-28(2,3)41-27(39)36-14-11-19(12-15-36)25-22(18-35-37(25)24-10-5-4-9-23(24)30)26(38)34-13-16-40-21-8-6-7-20(17-21)29(31,32)33/h4-10,17-19H,11-16H2,1-3H3,(H,34,38). The minimum Gasteiger partial charge on any atom is -0.492 e. The molecule has 41 heavy (non-hydrogen) atoms. The van der Waals surface area contributed by atoms with Crippen LogP contribution < -0.4 is 10.1 Å². The van der Waals surface area contributed by atoms with E-state index in [2.05, 4.69) is 10.4 Å². The first-order chi connectivity index (χ1) is 19.3. The molecule has 2 aromatic carbocycles. The Kier molecular flexibility index (Phi) is 9.16. The normalized spacial score (nSPS) is 14.6. The molecule has 0 aliphatic carbocycles. The van der Waals surface area contributed by atoms with Gasteiger partial charge < -0.3 is 19.7 Å². The first kappa shape index (κ1) is 30.2. The van der Waals surface area contributed by atoms with E-state index >= 15 is 0 Å².